The normalized spacial score (nSPS) is 17.5. The minimum atomic E-state index is -0.825. The molecule has 2 atom stereocenters. The van der Waals surface area contributed by atoms with Crippen molar-refractivity contribution in [2.45, 2.75) is 18.3 Å². The molecule has 3 rings (SSSR count). The highest BCUT2D eigenvalue weighted by Gasteiger charge is 2.36. The lowest BCUT2D eigenvalue weighted by Crippen LogP contribution is -2.29. The molecule has 1 aliphatic carbocycles. The van der Waals surface area contributed by atoms with Gasteiger partial charge in [-0.15, -0.1) is 0 Å². The molecule has 1 aliphatic rings. The van der Waals surface area contributed by atoms with Crippen molar-refractivity contribution < 1.29 is 9.18 Å². The Labute approximate surface area is 116 Å². The van der Waals surface area contributed by atoms with Crippen LogP contribution in [0.25, 0.3) is 0 Å². The second-order valence-corrected chi connectivity index (χ2v) is 4.97. The van der Waals surface area contributed by atoms with Gasteiger partial charge in [0.2, 0.25) is 0 Å². The van der Waals surface area contributed by atoms with Crippen molar-refractivity contribution in [3.8, 4) is 6.07 Å². The second kappa shape index (κ2) is 4.90. The van der Waals surface area contributed by atoms with Crippen LogP contribution >= 0.6 is 0 Å². The summed E-state index contributed by atoms with van der Waals surface area (Å²) in [4.78, 5) is 12.5. The fourth-order valence-electron chi connectivity index (χ4n) is 2.67. The summed E-state index contributed by atoms with van der Waals surface area (Å²) in [7, 11) is 0. The molecule has 3 heteroatoms. The smallest absolute Gasteiger partial charge is 0.162 e. The van der Waals surface area contributed by atoms with Gasteiger partial charge in [0.05, 0.1) is 6.07 Å². The predicted octanol–water partition coefficient (Wildman–Crippen LogP) is 3.34. The molecular weight excluding hydrogens is 253 g/mol. The van der Waals surface area contributed by atoms with Gasteiger partial charge in [-0.1, -0.05) is 36.4 Å². The minimum absolute atomic E-state index is 0.0993. The lowest BCUT2D eigenvalue weighted by molar-refractivity contribution is -0.121. The van der Waals surface area contributed by atoms with E-state index in [1.54, 1.807) is 0 Å². The Morgan fingerprint density at radius 2 is 1.90 bits per heavy atom. The first kappa shape index (κ1) is 12.6. The van der Waals surface area contributed by atoms with E-state index in [4.69, 9.17) is 0 Å². The van der Waals surface area contributed by atoms with E-state index in [9.17, 15) is 14.4 Å². The van der Waals surface area contributed by atoms with E-state index in [0.717, 1.165) is 5.56 Å². The van der Waals surface area contributed by atoms with Crippen LogP contribution in [0.3, 0.4) is 0 Å². The van der Waals surface area contributed by atoms with Crippen molar-refractivity contribution in [1.29, 1.82) is 5.26 Å². The first-order valence-corrected chi connectivity index (χ1v) is 6.47. The van der Waals surface area contributed by atoms with Gasteiger partial charge < -0.3 is 0 Å². The molecule has 0 heterocycles. The summed E-state index contributed by atoms with van der Waals surface area (Å²) in [6.07, 6.45) is 0.689. The number of rotatable bonds is 3. The van der Waals surface area contributed by atoms with Gasteiger partial charge in [0.25, 0.3) is 0 Å². The molecule has 0 aliphatic heterocycles. The minimum Gasteiger partial charge on any atom is -0.297 e. The average Bonchev–Trinajstić information content (AvgIpc) is 2.43. The van der Waals surface area contributed by atoms with Gasteiger partial charge in [-0.25, -0.2) is 4.39 Å². The average molecular weight is 265 g/mol. The molecule has 0 aromatic heterocycles. The Morgan fingerprint density at radius 1 is 1.20 bits per heavy atom. The molecule has 20 heavy (non-hydrogen) atoms. The van der Waals surface area contributed by atoms with E-state index in [2.05, 4.69) is 0 Å². The summed E-state index contributed by atoms with van der Waals surface area (Å²) in [6, 6.07) is 15.4. The van der Waals surface area contributed by atoms with Crippen LogP contribution in [0.5, 0.6) is 0 Å². The summed E-state index contributed by atoms with van der Waals surface area (Å²) < 4.78 is 12.9. The molecule has 0 fully saturated rings. The largest absolute Gasteiger partial charge is 0.297 e. The van der Waals surface area contributed by atoms with E-state index < -0.39 is 5.92 Å². The zero-order valence-corrected chi connectivity index (χ0v) is 10.7. The van der Waals surface area contributed by atoms with Gasteiger partial charge in [-0.05, 0) is 35.2 Å². The first-order valence-electron chi connectivity index (χ1n) is 6.47. The summed E-state index contributed by atoms with van der Waals surface area (Å²) in [6.45, 7) is 0. The van der Waals surface area contributed by atoms with E-state index in [0.29, 0.717) is 12.0 Å². The van der Waals surface area contributed by atoms with Crippen molar-refractivity contribution in [1.82, 2.24) is 0 Å². The molecule has 0 saturated heterocycles. The quantitative estimate of drug-likeness (QED) is 0.854. The predicted molar refractivity (Wildman–Crippen MR) is 72.6 cm³/mol. The second-order valence-electron chi connectivity index (χ2n) is 4.97. The Kier molecular flexibility index (Phi) is 3.08. The molecule has 2 aromatic carbocycles. The van der Waals surface area contributed by atoms with Crippen LogP contribution in [0.1, 0.15) is 28.5 Å². The standard InChI is InChI=1S/C17H12FNO/c18-13-7-5-11(6-8-13)16(10-19)17(20)15-9-12-3-1-2-4-14(12)15/h1-8,15-16H,9H2. The Morgan fingerprint density at radius 3 is 2.55 bits per heavy atom. The van der Waals surface area contributed by atoms with E-state index in [1.165, 1.54) is 29.8 Å². The number of benzene rings is 2. The first-order chi connectivity index (χ1) is 9.70. The number of hydrogen-bond acceptors (Lipinski definition) is 2. The van der Waals surface area contributed by atoms with Gasteiger partial charge >= 0.3 is 0 Å². The van der Waals surface area contributed by atoms with Gasteiger partial charge in [-0.3, -0.25) is 4.79 Å². The third-order valence-electron chi connectivity index (χ3n) is 3.81. The van der Waals surface area contributed by atoms with Crippen molar-refractivity contribution in [3.63, 3.8) is 0 Å². The lowest BCUT2D eigenvalue weighted by atomic mass is 9.71. The van der Waals surface area contributed by atoms with Gasteiger partial charge in [0.15, 0.2) is 5.78 Å². The number of Topliss-reactive ketones (excluding diaryl/α,β-unsaturated/α-hetero) is 1. The van der Waals surface area contributed by atoms with Gasteiger partial charge in [0.1, 0.15) is 11.7 Å². The molecule has 0 N–H and O–H groups in total. The van der Waals surface area contributed by atoms with Crippen molar-refractivity contribution in [2.75, 3.05) is 0 Å². The van der Waals surface area contributed by atoms with E-state index >= 15 is 0 Å². The fraction of sp³-hybridized carbons (Fsp3) is 0.176. The Bertz CT molecular complexity index is 700. The topological polar surface area (TPSA) is 40.9 Å². The summed E-state index contributed by atoms with van der Waals surface area (Å²) in [5.41, 5.74) is 2.74. The number of halogens is 1. The monoisotopic (exact) mass is 265 g/mol. The Balaban J connectivity index is 1.87. The number of fused-ring (bicyclic) bond motifs is 1. The van der Waals surface area contributed by atoms with E-state index in [1.807, 2.05) is 30.3 Å². The SMILES string of the molecule is N#CC(C(=O)C1Cc2ccccc21)c1ccc(F)cc1. The van der Waals surface area contributed by atoms with Crippen LogP contribution in [-0.2, 0) is 11.2 Å². The zero-order chi connectivity index (χ0) is 14.1. The lowest BCUT2D eigenvalue weighted by Gasteiger charge is -2.30. The maximum Gasteiger partial charge on any atom is 0.162 e. The van der Waals surface area contributed by atoms with Crippen LogP contribution < -0.4 is 0 Å². The summed E-state index contributed by atoms with van der Waals surface area (Å²) in [5.74, 6) is -1.50. The summed E-state index contributed by atoms with van der Waals surface area (Å²) >= 11 is 0. The maximum absolute atomic E-state index is 12.9. The third-order valence-corrected chi connectivity index (χ3v) is 3.81. The highest BCUT2D eigenvalue weighted by Crippen LogP contribution is 2.38. The van der Waals surface area contributed by atoms with Crippen molar-refractivity contribution in [2.24, 2.45) is 0 Å². The molecule has 2 unspecified atom stereocenters. The molecule has 0 bridgehead atoms. The number of hydrogen-bond donors (Lipinski definition) is 0. The number of nitrogens with zero attached hydrogens (tertiary/aromatic N) is 1. The summed E-state index contributed by atoms with van der Waals surface area (Å²) in [5, 5.41) is 9.27. The number of nitriles is 1. The highest BCUT2D eigenvalue weighted by atomic mass is 19.1. The third kappa shape index (κ3) is 2.00. The molecular formula is C17H12FNO. The number of carbonyl (C=O) groups excluding carboxylic acids is 1. The molecule has 0 radical (unpaired) electrons. The molecule has 0 amide bonds. The van der Waals surface area contributed by atoms with E-state index in [-0.39, 0.29) is 17.5 Å². The number of ketones is 1. The molecule has 0 spiro atoms. The van der Waals surface area contributed by atoms with Crippen LogP contribution in [0.15, 0.2) is 48.5 Å². The fourth-order valence-corrected chi connectivity index (χ4v) is 2.67. The maximum atomic E-state index is 12.9. The van der Waals surface area contributed by atoms with Crippen LogP contribution in [0, 0.1) is 17.1 Å². The van der Waals surface area contributed by atoms with Crippen LogP contribution in [0.4, 0.5) is 4.39 Å². The van der Waals surface area contributed by atoms with Crippen molar-refractivity contribution in [3.05, 3.63) is 71.0 Å². The highest BCUT2D eigenvalue weighted by molar-refractivity contribution is 5.96. The zero-order valence-electron chi connectivity index (χ0n) is 10.7. The number of carbonyl (C=O) groups is 1. The van der Waals surface area contributed by atoms with Crippen molar-refractivity contribution >= 4 is 5.78 Å². The molecule has 0 saturated carbocycles. The van der Waals surface area contributed by atoms with Crippen LogP contribution in [0.2, 0.25) is 0 Å². The Hall–Kier alpha value is -2.47. The van der Waals surface area contributed by atoms with Gasteiger partial charge in [0, 0.05) is 5.92 Å². The van der Waals surface area contributed by atoms with Gasteiger partial charge in [-0.2, -0.15) is 5.26 Å². The molecule has 2 nitrogen and oxygen atoms in total. The molecule has 2 aromatic rings. The van der Waals surface area contributed by atoms with Crippen LogP contribution in [-0.4, -0.2) is 5.78 Å². The molecule has 98 valence electrons.